The van der Waals surface area contributed by atoms with E-state index in [9.17, 15) is 0 Å². The van der Waals surface area contributed by atoms with Gasteiger partial charge in [0, 0.05) is 7.05 Å². The van der Waals surface area contributed by atoms with Crippen molar-refractivity contribution >= 4 is 11.6 Å². The van der Waals surface area contributed by atoms with Crippen LogP contribution in [0.3, 0.4) is 0 Å². The molecule has 0 aliphatic rings. The standard InChI is InChI=1S/C8H6ClN9/c1-17-5(2-11-16-17)6-13-7(9)15-8(14-6)18-4-10-3-12-18/h2-4H,1H3. The van der Waals surface area contributed by atoms with Crippen molar-refractivity contribution in [3.8, 4) is 17.5 Å². The van der Waals surface area contributed by atoms with E-state index in [1.165, 1.54) is 28.2 Å². The Balaban J connectivity index is 2.15. The summed E-state index contributed by atoms with van der Waals surface area (Å²) in [5, 5.41) is 11.5. The van der Waals surface area contributed by atoms with Gasteiger partial charge in [0.2, 0.25) is 5.28 Å². The van der Waals surface area contributed by atoms with Gasteiger partial charge in [-0.2, -0.15) is 24.7 Å². The molecule has 0 aliphatic carbocycles. The molecule has 0 fully saturated rings. The molecule has 3 aromatic rings. The molecule has 0 N–H and O–H groups in total. The van der Waals surface area contributed by atoms with Gasteiger partial charge in [0.1, 0.15) is 18.3 Å². The van der Waals surface area contributed by atoms with Crippen molar-refractivity contribution in [3.05, 3.63) is 24.1 Å². The van der Waals surface area contributed by atoms with E-state index >= 15 is 0 Å². The van der Waals surface area contributed by atoms with Crippen LogP contribution in [0.5, 0.6) is 0 Å². The Morgan fingerprint density at radius 1 is 1.22 bits per heavy atom. The average molecular weight is 264 g/mol. The highest BCUT2D eigenvalue weighted by molar-refractivity contribution is 6.28. The molecule has 3 aromatic heterocycles. The Morgan fingerprint density at radius 3 is 2.78 bits per heavy atom. The van der Waals surface area contributed by atoms with Gasteiger partial charge in [-0.15, -0.1) is 5.10 Å². The minimum atomic E-state index is 0.0618. The van der Waals surface area contributed by atoms with Gasteiger partial charge in [-0.3, -0.25) is 0 Å². The highest BCUT2D eigenvalue weighted by Gasteiger charge is 2.12. The lowest BCUT2D eigenvalue weighted by Gasteiger charge is -2.02. The molecule has 0 saturated heterocycles. The fraction of sp³-hybridized carbons (Fsp3) is 0.125. The van der Waals surface area contributed by atoms with E-state index in [-0.39, 0.29) is 11.2 Å². The van der Waals surface area contributed by atoms with Crippen LogP contribution in [0, 0.1) is 0 Å². The van der Waals surface area contributed by atoms with Gasteiger partial charge in [0.15, 0.2) is 5.82 Å². The molecule has 18 heavy (non-hydrogen) atoms. The number of aromatic nitrogens is 9. The molecule has 0 bridgehead atoms. The summed E-state index contributed by atoms with van der Waals surface area (Å²) in [6.45, 7) is 0. The van der Waals surface area contributed by atoms with Crippen LogP contribution in [0.25, 0.3) is 17.5 Å². The van der Waals surface area contributed by atoms with E-state index in [0.717, 1.165) is 0 Å². The number of halogens is 1. The van der Waals surface area contributed by atoms with E-state index in [2.05, 4.69) is 35.3 Å². The van der Waals surface area contributed by atoms with Crippen molar-refractivity contribution < 1.29 is 0 Å². The molecular formula is C8H6ClN9. The van der Waals surface area contributed by atoms with Crippen LogP contribution in [0.2, 0.25) is 5.28 Å². The first-order valence-corrected chi connectivity index (χ1v) is 5.23. The molecule has 0 atom stereocenters. The first-order chi connectivity index (χ1) is 8.74. The zero-order valence-electron chi connectivity index (χ0n) is 9.13. The minimum absolute atomic E-state index is 0.0618. The summed E-state index contributed by atoms with van der Waals surface area (Å²) in [5.41, 5.74) is 0.626. The molecular weight excluding hydrogens is 258 g/mol. The highest BCUT2D eigenvalue weighted by Crippen LogP contribution is 2.15. The predicted molar refractivity (Wildman–Crippen MR) is 59.8 cm³/mol. The van der Waals surface area contributed by atoms with Gasteiger partial charge in [0.25, 0.3) is 5.95 Å². The maximum Gasteiger partial charge on any atom is 0.256 e. The molecule has 0 radical (unpaired) electrons. The number of hydrogen-bond acceptors (Lipinski definition) is 7. The lowest BCUT2D eigenvalue weighted by atomic mass is 10.4. The Kier molecular flexibility index (Phi) is 2.45. The van der Waals surface area contributed by atoms with E-state index < -0.39 is 0 Å². The zero-order valence-corrected chi connectivity index (χ0v) is 9.89. The summed E-state index contributed by atoms with van der Waals surface area (Å²) in [6.07, 6.45) is 4.39. The molecule has 0 saturated carbocycles. The number of aryl methyl sites for hydroxylation is 1. The third-order valence-electron chi connectivity index (χ3n) is 2.16. The second kappa shape index (κ2) is 4.11. The second-order valence-corrected chi connectivity index (χ2v) is 3.65. The Bertz CT molecular complexity index is 674. The molecule has 9 nitrogen and oxygen atoms in total. The quantitative estimate of drug-likeness (QED) is 0.636. The Morgan fingerprint density at radius 2 is 2.11 bits per heavy atom. The van der Waals surface area contributed by atoms with Crippen LogP contribution in [-0.4, -0.2) is 44.7 Å². The third-order valence-corrected chi connectivity index (χ3v) is 2.33. The SMILES string of the molecule is Cn1nncc1-c1nc(Cl)nc(-n2cncn2)n1. The van der Waals surface area contributed by atoms with Gasteiger partial charge in [-0.05, 0) is 11.6 Å². The summed E-state index contributed by atoms with van der Waals surface area (Å²) >= 11 is 5.86. The van der Waals surface area contributed by atoms with Gasteiger partial charge in [-0.25, -0.2) is 9.67 Å². The summed E-state index contributed by atoms with van der Waals surface area (Å²) in [6, 6.07) is 0. The van der Waals surface area contributed by atoms with E-state index in [4.69, 9.17) is 11.6 Å². The van der Waals surface area contributed by atoms with Gasteiger partial charge in [-0.1, -0.05) is 5.21 Å². The van der Waals surface area contributed by atoms with Crippen LogP contribution in [0.1, 0.15) is 0 Å². The normalized spacial score (nSPS) is 10.8. The zero-order chi connectivity index (χ0) is 12.5. The monoisotopic (exact) mass is 263 g/mol. The van der Waals surface area contributed by atoms with Crippen LogP contribution < -0.4 is 0 Å². The first-order valence-electron chi connectivity index (χ1n) is 4.85. The first kappa shape index (κ1) is 10.7. The van der Waals surface area contributed by atoms with Crippen molar-refractivity contribution in [1.29, 1.82) is 0 Å². The largest absolute Gasteiger partial charge is 0.256 e. The second-order valence-electron chi connectivity index (χ2n) is 3.31. The van der Waals surface area contributed by atoms with Crippen molar-refractivity contribution in [2.45, 2.75) is 0 Å². The fourth-order valence-electron chi connectivity index (χ4n) is 1.36. The fourth-order valence-corrected chi connectivity index (χ4v) is 1.52. The van der Waals surface area contributed by atoms with Crippen molar-refractivity contribution in [2.24, 2.45) is 7.05 Å². The smallest absolute Gasteiger partial charge is 0.245 e. The number of hydrogen-bond donors (Lipinski definition) is 0. The van der Waals surface area contributed by atoms with Crippen molar-refractivity contribution in [3.63, 3.8) is 0 Å². The number of rotatable bonds is 2. The summed E-state index contributed by atoms with van der Waals surface area (Å²) in [4.78, 5) is 16.0. The highest BCUT2D eigenvalue weighted by atomic mass is 35.5. The van der Waals surface area contributed by atoms with Gasteiger partial charge < -0.3 is 0 Å². The van der Waals surface area contributed by atoms with Crippen molar-refractivity contribution in [1.82, 2.24) is 44.7 Å². The molecule has 3 rings (SSSR count). The summed E-state index contributed by atoms with van der Waals surface area (Å²) in [7, 11) is 1.73. The van der Waals surface area contributed by atoms with E-state index in [1.807, 2.05) is 0 Å². The molecule has 90 valence electrons. The molecule has 3 heterocycles. The summed E-state index contributed by atoms with van der Waals surface area (Å²) in [5.74, 6) is 0.650. The molecule has 0 amide bonds. The maximum atomic E-state index is 5.86. The predicted octanol–water partition coefficient (Wildman–Crippen LogP) is -0.0988. The Hall–Kier alpha value is -2.42. The molecule has 0 unspecified atom stereocenters. The maximum absolute atomic E-state index is 5.86. The summed E-state index contributed by atoms with van der Waals surface area (Å²) < 4.78 is 2.93. The lowest BCUT2D eigenvalue weighted by molar-refractivity contribution is 0.714. The van der Waals surface area contributed by atoms with E-state index in [1.54, 1.807) is 7.05 Å². The minimum Gasteiger partial charge on any atom is -0.245 e. The van der Waals surface area contributed by atoms with Gasteiger partial charge >= 0.3 is 0 Å². The molecule has 0 aliphatic heterocycles. The van der Waals surface area contributed by atoms with Crippen LogP contribution >= 0.6 is 11.6 Å². The topological polar surface area (TPSA) is 100 Å². The Labute approximate surface area is 105 Å². The van der Waals surface area contributed by atoms with Crippen molar-refractivity contribution in [2.75, 3.05) is 0 Å². The van der Waals surface area contributed by atoms with Crippen LogP contribution in [0.15, 0.2) is 18.9 Å². The molecule has 10 heteroatoms. The van der Waals surface area contributed by atoms with Crippen LogP contribution in [-0.2, 0) is 7.05 Å². The molecule has 0 aromatic carbocycles. The van der Waals surface area contributed by atoms with Crippen LogP contribution in [0.4, 0.5) is 0 Å². The van der Waals surface area contributed by atoms with Gasteiger partial charge in [0.05, 0.1) is 6.20 Å². The third kappa shape index (κ3) is 1.80. The van der Waals surface area contributed by atoms with E-state index in [0.29, 0.717) is 11.5 Å². The average Bonchev–Trinajstić information content (AvgIpc) is 2.98. The molecule has 0 spiro atoms. The lowest BCUT2D eigenvalue weighted by Crippen LogP contribution is -2.06. The number of nitrogens with zero attached hydrogens (tertiary/aromatic N) is 9.